The first kappa shape index (κ1) is 7.87. The summed E-state index contributed by atoms with van der Waals surface area (Å²) in [6, 6.07) is -5.23. The molecule has 0 aliphatic heterocycles. The van der Waals surface area contributed by atoms with E-state index in [0.29, 0.717) is 10.3 Å². The molecule has 0 bridgehead atoms. The van der Waals surface area contributed by atoms with Gasteiger partial charge < -0.3 is 15.0 Å². The van der Waals surface area contributed by atoms with E-state index in [4.69, 9.17) is 21.3 Å². The first-order valence-electron chi connectivity index (χ1n) is 13.5. The highest BCUT2D eigenvalue weighted by Gasteiger charge is 2.07. The lowest BCUT2D eigenvalue weighted by atomic mass is 10.2. The zero-order chi connectivity index (χ0) is 29.1. The number of anilines is 2. The fraction of sp³-hybridized carbons (Fsp3) is 0.100. The Kier molecular flexibility index (Phi) is 2.11. The number of ether oxygens (including phenoxy) is 1. The first-order valence-corrected chi connectivity index (χ1v) is 7.59. The Bertz CT molecular complexity index is 1600. The molecule has 2 heterocycles. The average molecular weight is 370 g/mol. The summed E-state index contributed by atoms with van der Waals surface area (Å²) in [4.78, 5) is 8.00. The van der Waals surface area contributed by atoms with Crippen molar-refractivity contribution in [1.29, 1.82) is 0 Å². The highest BCUT2D eigenvalue weighted by Crippen LogP contribution is 2.24. The summed E-state index contributed by atoms with van der Waals surface area (Å²) >= 11 is 0. The van der Waals surface area contributed by atoms with Crippen LogP contribution in [0.5, 0.6) is 11.6 Å². The van der Waals surface area contributed by atoms with Crippen molar-refractivity contribution in [1.82, 2.24) is 25.1 Å². The molecule has 0 unspecified atom stereocenters. The molecule has 4 aromatic rings. The van der Waals surface area contributed by atoms with Gasteiger partial charge in [-0.25, -0.2) is 4.98 Å². The third-order valence-electron chi connectivity index (χ3n) is 3.06. The minimum absolute atomic E-state index is 0.0296. The van der Waals surface area contributed by atoms with Crippen molar-refractivity contribution >= 4 is 11.6 Å². The van der Waals surface area contributed by atoms with E-state index in [0.717, 1.165) is 0 Å². The van der Waals surface area contributed by atoms with Gasteiger partial charge >= 0.3 is 0 Å². The lowest BCUT2D eigenvalue weighted by molar-refractivity contribution is 0.460. The van der Waals surface area contributed by atoms with E-state index in [2.05, 4.69) is 20.2 Å². The number of hydrogen-bond acceptors (Lipinski definition) is 6. The Labute approximate surface area is 173 Å². The van der Waals surface area contributed by atoms with Crippen LogP contribution in [0.4, 0.5) is 11.6 Å². The molecule has 2 N–H and O–H groups in total. The van der Waals surface area contributed by atoms with Gasteiger partial charge in [0.2, 0.25) is 11.8 Å². The molecule has 134 valence electrons. The predicted octanol–water partition coefficient (Wildman–Crippen LogP) is 4.41. The second-order valence-corrected chi connectivity index (χ2v) is 5.14. The lowest BCUT2D eigenvalue weighted by Crippen LogP contribution is -1.92. The van der Waals surface area contributed by atoms with Gasteiger partial charge in [-0.3, -0.25) is 0 Å². The number of aromatic amines is 1. The maximum atomic E-state index is 8.42. The average Bonchev–Trinajstić information content (AvgIpc) is 3.26. The van der Waals surface area contributed by atoms with Gasteiger partial charge in [0.05, 0.1) is 13.7 Å². The predicted molar refractivity (Wildman–Crippen MR) is 103 cm³/mol. The molecule has 0 fully saturated rings. The van der Waals surface area contributed by atoms with Crippen LogP contribution < -0.4 is 10.0 Å². The van der Waals surface area contributed by atoms with Gasteiger partial charge in [0.25, 0.3) is 0 Å². The van der Waals surface area contributed by atoms with Gasteiger partial charge in [0.1, 0.15) is 11.6 Å². The molecule has 0 aliphatic carbocycles. The van der Waals surface area contributed by atoms with E-state index < -0.39 is 89.2 Å². The van der Waals surface area contributed by atoms with Gasteiger partial charge in [-0.1, -0.05) is 12.1 Å². The van der Waals surface area contributed by atoms with Crippen molar-refractivity contribution in [2.45, 2.75) is 13.8 Å². The fourth-order valence-electron chi connectivity index (χ4n) is 1.93. The topological polar surface area (TPSA) is 88.6 Å². The fourth-order valence-corrected chi connectivity index (χ4v) is 1.93. The molecular formula is C20H18N6O. The van der Waals surface area contributed by atoms with Crippen molar-refractivity contribution in [3.8, 4) is 23.0 Å². The van der Waals surface area contributed by atoms with Gasteiger partial charge in [-0.2, -0.15) is 4.98 Å². The molecule has 0 saturated heterocycles. The van der Waals surface area contributed by atoms with Gasteiger partial charge in [0.15, 0.2) is 8.65 Å². The molecular weight excluding hydrogens is 340 g/mol. The molecule has 27 heavy (non-hydrogen) atoms. The largest absolute Gasteiger partial charge is 0.439 e. The Hall–Kier alpha value is -3.74. The Balaban J connectivity index is 1.83. The van der Waals surface area contributed by atoms with E-state index in [9.17, 15) is 0 Å². The second-order valence-electron chi connectivity index (χ2n) is 5.14. The molecule has 2 aromatic carbocycles. The number of aryl methyl sites for hydroxylation is 1. The molecule has 0 atom stereocenters. The van der Waals surface area contributed by atoms with Crippen LogP contribution in [-0.2, 0) is 0 Å². The normalized spacial score (nSPS) is 16.8. The Morgan fingerprint density at radius 3 is 2.81 bits per heavy atom. The van der Waals surface area contributed by atoms with Gasteiger partial charge in [0, 0.05) is 23.5 Å². The standard InChI is InChI=1S/C20H18N6O/c1-13-4-3-5-16(12-13)23-20-24-19(25-26-20)15-6-8-17(9-7-15)27-18-10-11-21-14(2)22-18/h3-12H,1-2H3,(H2,23,24,25,26)/i3D,4D,5D,6D,7D,8D,9D,10D,11D,12D/hD2. The van der Waals surface area contributed by atoms with Crippen LogP contribution >= 0.6 is 0 Å². The van der Waals surface area contributed by atoms with Crippen LogP contribution in [-0.4, -0.2) is 25.1 Å². The number of benzene rings is 2. The minimum atomic E-state index is -0.706. The third kappa shape index (κ3) is 4.09. The third-order valence-corrected chi connectivity index (χ3v) is 3.06. The number of aromatic nitrogens is 5. The molecule has 0 aliphatic rings. The quantitative estimate of drug-likeness (QED) is 0.541. The van der Waals surface area contributed by atoms with Crippen LogP contribution in [0.2, 0.25) is 2.82 Å². The monoisotopic (exact) mass is 370 g/mol. The number of rotatable bonds is 5. The number of hydrogen-bond donors (Lipinski definition) is 2. The van der Waals surface area contributed by atoms with Gasteiger partial charge in [-0.15, -0.1) is 10.2 Å². The zero-order valence-corrected chi connectivity index (χ0v) is 14.1. The summed E-state index contributed by atoms with van der Waals surface area (Å²) in [6.07, 6.45) is -0.462. The molecule has 0 saturated carbocycles. The Morgan fingerprint density at radius 2 is 1.96 bits per heavy atom. The van der Waals surface area contributed by atoms with Crippen LogP contribution in [0, 0.1) is 13.8 Å². The van der Waals surface area contributed by atoms with Crippen molar-refractivity contribution < 1.29 is 21.3 Å². The molecule has 4 rings (SSSR count). The van der Waals surface area contributed by atoms with Crippen LogP contribution in [0.3, 0.4) is 0 Å². The molecule has 7 heteroatoms. The molecule has 2 aromatic heterocycles. The smallest absolute Gasteiger partial charge is 0.226 e. The van der Waals surface area contributed by atoms with Crippen LogP contribution in [0.25, 0.3) is 11.4 Å². The summed E-state index contributed by atoms with van der Waals surface area (Å²) in [5.41, 5.74) is -0.881. The highest BCUT2D eigenvalue weighted by atomic mass is 16.5. The highest BCUT2D eigenvalue weighted by molar-refractivity contribution is 5.60. The van der Waals surface area contributed by atoms with Crippen molar-refractivity contribution in [3.63, 3.8) is 0 Å². The van der Waals surface area contributed by atoms with Crippen molar-refractivity contribution in [2.24, 2.45) is 0 Å². The Morgan fingerprint density at radius 1 is 1.11 bits per heavy atom. The van der Waals surface area contributed by atoms with Crippen molar-refractivity contribution in [3.05, 3.63) is 71.9 Å². The molecule has 0 amide bonds. The number of H-pyrrole nitrogens is 1. The summed E-state index contributed by atoms with van der Waals surface area (Å²) < 4.78 is 103. The SMILES string of the molecule is [2H]c1nc(C)nc(Oc2c([2H])c([2H])c(-c3nnc(N([2H])c4c([2H])c([2H])c([2H])c(C)c4[2H])n3[2H])c([2H])c2[2H])c1[2H]. The maximum Gasteiger partial charge on any atom is 0.226 e. The maximum absolute atomic E-state index is 8.42. The van der Waals surface area contributed by atoms with E-state index in [1.54, 1.807) is 0 Å². The molecule has 0 spiro atoms. The van der Waals surface area contributed by atoms with E-state index >= 15 is 0 Å². The minimum Gasteiger partial charge on any atom is -0.439 e. The summed E-state index contributed by atoms with van der Waals surface area (Å²) in [5, 5.41) is 7.85. The summed E-state index contributed by atoms with van der Waals surface area (Å²) in [7, 11) is 0. The van der Waals surface area contributed by atoms with Crippen molar-refractivity contribution in [2.75, 3.05) is 5.31 Å². The summed E-state index contributed by atoms with van der Waals surface area (Å²) in [5.74, 6) is -2.04. The second kappa shape index (κ2) is 7.25. The first-order chi connectivity index (χ1) is 18.2. The van der Waals surface area contributed by atoms with E-state index in [-0.39, 0.29) is 17.4 Å². The van der Waals surface area contributed by atoms with Crippen LogP contribution in [0.1, 0.15) is 25.1 Å². The number of nitrogens with one attached hydrogen (secondary N) is 2. The lowest BCUT2D eigenvalue weighted by Gasteiger charge is -2.05. The molecule has 7 nitrogen and oxygen atoms in total. The zero-order valence-electron chi connectivity index (χ0n) is 26.1. The number of nitrogens with zero attached hydrogens (tertiary/aromatic N) is 4. The molecule has 0 radical (unpaired) electrons. The van der Waals surface area contributed by atoms with E-state index in [1.165, 1.54) is 13.8 Å². The van der Waals surface area contributed by atoms with Gasteiger partial charge in [-0.05, 0) is 55.7 Å². The van der Waals surface area contributed by atoms with Crippen LogP contribution in [0.15, 0.2) is 60.6 Å². The summed E-state index contributed by atoms with van der Waals surface area (Å²) in [6.45, 7) is 2.82. The van der Waals surface area contributed by atoms with E-state index in [1.807, 2.05) is 0 Å².